The minimum Gasteiger partial charge on any atom is -0.389 e. The molecule has 4 heteroatoms. The third-order valence-corrected chi connectivity index (χ3v) is 3.83. The van der Waals surface area contributed by atoms with Crippen LogP contribution in [-0.2, 0) is 0 Å². The van der Waals surface area contributed by atoms with Crippen molar-refractivity contribution in [3.8, 4) is 0 Å². The van der Waals surface area contributed by atoms with Crippen LogP contribution in [0.2, 0.25) is 0 Å². The summed E-state index contributed by atoms with van der Waals surface area (Å²) in [4.78, 5) is 0.212. The van der Waals surface area contributed by atoms with Crippen molar-refractivity contribution in [3.05, 3.63) is 65.5 Å². The number of anilines is 1. The number of nitrogens with one attached hydrogen (secondary N) is 1. The van der Waals surface area contributed by atoms with Gasteiger partial charge in [0.05, 0.1) is 0 Å². The minimum absolute atomic E-state index is 0.212. The topological polar surface area (TPSA) is 38.0 Å². The van der Waals surface area contributed by atoms with Gasteiger partial charge in [-0.1, -0.05) is 42.5 Å². The van der Waals surface area contributed by atoms with Gasteiger partial charge >= 0.3 is 0 Å². The molecule has 0 bridgehead atoms. The van der Waals surface area contributed by atoms with Crippen molar-refractivity contribution in [3.63, 3.8) is 0 Å². The first-order valence-electron chi connectivity index (χ1n) is 6.56. The van der Waals surface area contributed by atoms with Gasteiger partial charge in [0.1, 0.15) is 10.8 Å². The van der Waals surface area contributed by atoms with Crippen LogP contribution < -0.4 is 11.1 Å². The number of hydrogen-bond donors (Lipinski definition) is 2. The highest BCUT2D eigenvalue weighted by Gasteiger charge is 2.38. The Labute approximate surface area is 122 Å². The molecule has 0 spiro atoms. The fraction of sp³-hybridized carbons (Fsp3) is 0.188. The predicted molar refractivity (Wildman–Crippen MR) is 83.5 cm³/mol. The highest BCUT2D eigenvalue weighted by molar-refractivity contribution is 7.80. The Morgan fingerprint density at radius 3 is 2.65 bits per heavy atom. The third-order valence-electron chi connectivity index (χ3n) is 3.61. The van der Waals surface area contributed by atoms with Gasteiger partial charge in [-0.25, -0.2) is 4.39 Å². The largest absolute Gasteiger partial charge is 0.389 e. The van der Waals surface area contributed by atoms with Crippen LogP contribution in [0.3, 0.4) is 0 Å². The zero-order chi connectivity index (χ0) is 14.1. The van der Waals surface area contributed by atoms with E-state index in [1.807, 2.05) is 18.2 Å². The summed E-state index contributed by atoms with van der Waals surface area (Å²) in [6.45, 7) is 0. The van der Waals surface area contributed by atoms with Gasteiger partial charge in [0, 0.05) is 23.2 Å². The van der Waals surface area contributed by atoms with E-state index in [9.17, 15) is 4.39 Å². The number of rotatable bonds is 4. The molecule has 3 rings (SSSR count). The molecule has 2 unspecified atom stereocenters. The molecule has 102 valence electrons. The van der Waals surface area contributed by atoms with Gasteiger partial charge < -0.3 is 11.1 Å². The Hall–Kier alpha value is -1.94. The Morgan fingerprint density at radius 1 is 1.20 bits per heavy atom. The first-order valence-corrected chi connectivity index (χ1v) is 6.97. The molecule has 1 aliphatic rings. The van der Waals surface area contributed by atoms with E-state index in [2.05, 4.69) is 17.4 Å². The smallest absolute Gasteiger partial charge is 0.124 e. The zero-order valence-electron chi connectivity index (χ0n) is 10.8. The average Bonchev–Trinajstić information content (AvgIpc) is 3.21. The second-order valence-corrected chi connectivity index (χ2v) is 5.50. The van der Waals surface area contributed by atoms with E-state index in [0.717, 1.165) is 12.1 Å². The number of benzene rings is 2. The monoisotopic (exact) mass is 286 g/mol. The number of hydrogen-bond acceptors (Lipinski definition) is 2. The third kappa shape index (κ3) is 2.65. The minimum atomic E-state index is -0.325. The molecule has 0 aromatic heterocycles. The van der Waals surface area contributed by atoms with Crippen LogP contribution in [0.5, 0.6) is 0 Å². The van der Waals surface area contributed by atoms with Gasteiger partial charge in [-0.05, 0) is 30.2 Å². The van der Waals surface area contributed by atoms with Crippen LogP contribution in [-0.4, -0.2) is 11.0 Å². The molecule has 0 amide bonds. The molecule has 1 fully saturated rings. The van der Waals surface area contributed by atoms with Crippen LogP contribution >= 0.6 is 12.2 Å². The summed E-state index contributed by atoms with van der Waals surface area (Å²) < 4.78 is 13.3. The van der Waals surface area contributed by atoms with Crippen molar-refractivity contribution in [1.82, 2.24) is 0 Å². The highest BCUT2D eigenvalue weighted by Crippen LogP contribution is 2.43. The molecule has 2 atom stereocenters. The molecular formula is C16H15FN2S. The lowest BCUT2D eigenvalue weighted by Crippen LogP contribution is -2.15. The second kappa shape index (κ2) is 5.21. The molecule has 2 nitrogen and oxygen atoms in total. The van der Waals surface area contributed by atoms with Crippen LogP contribution in [0.1, 0.15) is 23.5 Å². The quantitative estimate of drug-likeness (QED) is 0.846. The molecule has 1 aliphatic carbocycles. The van der Waals surface area contributed by atoms with Crippen LogP contribution in [0.15, 0.2) is 48.5 Å². The summed E-state index contributed by atoms with van der Waals surface area (Å²) in [5.74, 6) is 0.175. The molecule has 0 aliphatic heterocycles. The van der Waals surface area contributed by atoms with Crippen molar-refractivity contribution < 1.29 is 4.39 Å². The number of thiocarbonyl (C=S) groups is 1. The van der Waals surface area contributed by atoms with E-state index < -0.39 is 0 Å². The van der Waals surface area contributed by atoms with E-state index in [0.29, 0.717) is 17.5 Å². The fourth-order valence-electron chi connectivity index (χ4n) is 2.47. The van der Waals surface area contributed by atoms with E-state index in [4.69, 9.17) is 18.0 Å². The predicted octanol–water partition coefficient (Wildman–Crippen LogP) is 3.43. The van der Waals surface area contributed by atoms with E-state index in [1.54, 1.807) is 6.07 Å². The molecule has 0 radical (unpaired) electrons. The van der Waals surface area contributed by atoms with Crippen LogP contribution in [0, 0.1) is 5.82 Å². The van der Waals surface area contributed by atoms with Crippen molar-refractivity contribution in [1.29, 1.82) is 0 Å². The van der Waals surface area contributed by atoms with Gasteiger partial charge in [0.2, 0.25) is 0 Å². The highest BCUT2D eigenvalue weighted by atomic mass is 32.1. The van der Waals surface area contributed by atoms with Gasteiger partial charge in [-0.3, -0.25) is 0 Å². The summed E-state index contributed by atoms with van der Waals surface area (Å²) in [5, 5.41) is 3.41. The Balaban J connectivity index is 1.76. The van der Waals surface area contributed by atoms with Crippen LogP contribution in [0.25, 0.3) is 0 Å². The summed E-state index contributed by atoms with van der Waals surface area (Å²) in [5.41, 5.74) is 8.35. The van der Waals surface area contributed by atoms with Gasteiger partial charge in [0.15, 0.2) is 0 Å². The standard InChI is InChI=1S/C16H15FN2S/c17-11-6-7-14(13(8-11)16(18)20)19-15-9-12(15)10-4-2-1-3-5-10/h1-8,12,15,19H,9H2,(H2,18,20). The lowest BCUT2D eigenvalue weighted by molar-refractivity contribution is 0.627. The number of halogens is 1. The molecule has 0 saturated heterocycles. The van der Waals surface area contributed by atoms with Crippen molar-refractivity contribution >= 4 is 22.9 Å². The Morgan fingerprint density at radius 2 is 1.95 bits per heavy atom. The molecule has 1 saturated carbocycles. The fourth-order valence-corrected chi connectivity index (χ4v) is 2.64. The normalized spacial score (nSPS) is 20.4. The maximum absolute atomic E-state index is 13.3. The summed E-state index contributed by atoms with van der Waals surface area (Å²) in [7, 11) is 0. The second-order valence-electron chi connectivity index (χ2n) is 5.06. The van der Waals surface area contributed by atoms with Crippen molar-refractivity contribution in [2.75, 3.05) is 5.32 Å². The van der Waals surface area contributed by atoms with E-state index >= 15 is 0 Å². The van der Waals surface area contributed by atoms with Gasteiger partial charge in [-0.15, -0.1) is 0 Å². The average molecular weight is 286 g/mol. The Bertz CT molecular complexity index is 642. The van der Waals surface area contributed by atoms with Crippen molar-refractivity contribution in [2.24, 2.45) is 5.73 Å². The molecule has 3 N–H and O–H groups in total. The molecular weight excluding hydrogens is 271 g/mol. The maximum atomic E-state index is 13.3. The van der Waals surface area contributed by atoms with Crippen LogP contribution in [0.4, 0.5) is 10.1 Å². The lowest BCUT2D eigenvalue weighted by atomic mass is 10.1. The Kier molecular flexibility index (Phi) is 3.40. The lowest BCUT2D eigenvalue weighted by Gasteiger charge is -2.11. The number of nitrogens with two attached hydrogens (primary N) is 1. The van der Waals surface area contributed by atoms with Gasteiger partial charge in [-0.2, -0.15) is 0 Å². The zero-order valence-corrected chi connectivity index (χ0v) is 11.7. The molecule has 2 aromatic rings. The summed E-state index contributed by atoms with van der Waals surface area (Å²) >= 11 is 4.98. The van der Waals surface area contributed by atoms with E-state index in [-0.39, 0.29) is 10.8 Å². The molecule has 0 heterocycles. The first-order chi connectivity index (χ1) is 9.65. The molecule has 2 aromatic carbocycles. The van der Waals surface area contributed by atoms with Crippen molar-refractivity contribution in [2.45, 2.75) is 18.4 Å². The van der Waals surface area contributed by atoms with E-state index in [1.165, 1.54) is 17.7 Å². The maximum Gasteiger partial charge on any atom is 0.124 e. The van der Waals surface area contributed by atoms with Gasteiger partial charge in [0.25, 0.3) is 0 Å². The SMILES string of the molecule is NC(=S)c1cc(F)ccc1NC1CC1c1ccccc1. The first kappa shape index (κ1) is 13.1. The summed E-state index contributed by atoms with van der Waals surface area (Å²) in [6.07, 6.45) is 1.07. The summed E-state index contributed by atoms with van der Waals surface area (Å²) in [6, 6.07) is 15.2. The molecule has 20 heavy (non-hydrogen) atoms.